The molecular formula is C32H39N3O10S. The fraction of sp³-hybridized carbons (Fsp3) is 0.406. The third kappa shape index (κ3) is 10.2. The molecule has 4 atom stereocenters. The first-order valence-electron chi connectivity index (χ1n) is 14.7. The normalized spacial score (nSPS) is 15.1. The molecular weight excluding hydrogens is 618 g/mol. The van der Waals surface area contributed by atoms with Crippen LogP contribution in [0.25, 0.3) is 11.1 Å². The van der Waals surface area contributed by atoms with E-state index in [1.54, 1.807) is 13.8 Å². The molecule has 5 N–H and O–H groups in total. The van der Waals surface area contributed by atoms with E-state index in [0.717, 1.165) is 40.0 Å². The zero-order valence-electron chi connectivity index (χ0n) is 25.8. The van der Waals surface area contributed by atoms with Crippen molar-refractivity contribution in [2.24, 2.45) is 5.92 Å². The number of carboxylic acid groups (broad SMARTS) is 2. The number of carbonyl (C=O) groups is 5. The van der Waals surface area contributed by atoms with E-state index in [1.807, 2.05) is 48.5 Å². The van der Waals surface area contributed by atoms with Gasteiger partial charge in [0.1, 0.15) is 18.7 Å². The van der Waals surface area contributed by atoms with E-state index in [-0.39, 0.29) is 18.9 Å². The smallest absolute Gasteiger partial charge is 0.407 e. The molecule has 13 nitrogen and oxygen atoms in total. The molecule has 0 aliphatic heterocycles. The van der Waals surface area contributed by atoms with Gasteiger partial charge in [0.25, 0.3) is 0 Å². The van der Waals surface area contributed by atoms with Crippen molar-refractivity contribution in [3.8, 4) is 11.1 Å². The summed E-state index contributed by atoms with van der Waals surface area (Å²) in [6.45, 7) is 3.37. The van der Waals surface area contributed by atoms with E-state index in [4.69, 9.17) is 4.74 Å². The number of hydrogen-bond acceptors (Lipinski definition) is 8. The van der Waals surface area contributed by atoms with Crippen molar-refractivity contribution in [2.45, 2.75) is 63.6 Å². The minimum atomic E-state index is -3.62. The van der Waals surface area contributed by atoms with Gasteiger partial charge in [-0.25, -0.2) is 13.2 Å². The highest BCUT2D eigenvalue weighted by atomic mass is 32.2. The number of carbonyl (C=O) groups excluding carboxylic acids is 3. The Labute approximate surface area is 267 Å². The van der Waals surface area contributed by atoms with Crippen LogP contribution in [-0.2, 0) is 33.8 Å². The van der Waals surface area contributed by atoms with Crippen molar-refractivity contribution >= 4 is 39.7 Å². The summed E-state index contributed by atoms with van der Waals surface area (Å²) in [5.74, 6) is -4.88. The first-order chi connectivity index (χ1) is 21.7. The fourth-order valence-electron chi connectivity index (χ4n) is 5.14. The summed E-state index contributed by atoms with van der Waals surface area (Å²) in [7, 11) is -3.62. The molecule has 2 aromatic rings. The summed E-state index contributed by atoms with van der Waals surface area (Å²) in [5.41, 5.74) is 4.01. The maximum Gasteiger partial charge on any atom is 0.407 e. The predicted octanol–water partition coefficient (Wildman–Crippen LogP) is 2.81. The number of aliphatic carboxylic acids is 2. The van der Waals surface area contributed by atoms with Crippen molar-refractivity contribution in [1.82, 2.24) is 16.0 Å². The molecule has 3 rings (SSSR count). The Balaban J connectivity index is 1.73. The number of amides is 3. The van der Waals surface area contributed by atoms with Gasteiger partial charge in [-0.1, -0.05) is 74.9 Å². The number of fused-ring (bicyclic) bond motifs is 3. The second-order valence-corrected chi connectivity index (χ2v) is 13.1. The largest absolute Gasteiger partial charge is 0.481 e. The molecule has 1 aliphatic rings. The molecule has 248 valence electrons. The number of ether oxygens (including phenoxy) is 1. The second-order valence-electron chi connectivity index (χ2n) is 11.2. The number of hydrogen-bond donors (Lipinski definition) is 5. The summed E-state index contributed by atoms with van der Waals surface area (Å²) in [4.78, 5) is 62.2. The van der Waals surface area contributed by atoms with E-state index >= 15 is 0 Å². The van der Waals surface area contributed by atoms with Gasteiger partial charge in [-0.15, -0.1) is 0 Å². The van der Waals surface area contributed by atoms with Crippen molar-refractivity contribution < 1.29 is 47.3 Å². The van der Waals surface area contributed by atoms with Crippen LogP contribution in [0.3, 0.4) is 0 Å². The summed E-state index contributed by atoms with van der Waals surface area (Å²) in [6.07, 6.45) is -0.0103. The summed E-state index contributed by atoms with van der Waals surface area (Å²) < 4.78 is 28.6. The lowest BCUT2D eigenvalue weighted by Crippen LogP contribution is -2.57. The van der Waals surface area contributed by atoms with Gasteiger partial charge in [0.2, 0.25) is 11.8 Å². The van der Waals surface area contributed by atoms with Gasteiger partial charge in [-0.3, -0.25) is 19.2 Å². The lowest BCUT2D eigenvalue weighted by atomic mass is 9.97. The first kappa shape index (κ1) is 35.8. The highest BCUT2D eigenvalue weighted by Crippen LogP contribution is 2.44. The SMILES string of the molecule is CCC(C)[C@@H](NC(=O)[C@H](CCC(=O)O)NC(=O)OCC1c2ccccc2-c2ccccc21)C(=O)N[C@H](/C=C/S(C)(=O)=O)CC(=O)O. The van der Waals surface area contributed by atoms with Gasteiger partial charge in [-0.2, -0.15) is 0 Å². The maximum atomic E-state index is 13.4. The standard InChI is InChI=1S/C32H39N3O10S/c1-4-19(2)29(31(41)33-20(17-28(38)39)15-16-46(3,43)44)35-30(40)26(13-14-27(36)37)34-32(42)45-18-25-23-11-7-5-9-21(23)22-10-6-8-12-24(22)25/h5-12,15-16,19-20,25-26,29H,4,13-14,17-18H2,1-3H3,(H,33,41)(H,34,42)(H,35,40)(H,36,37)(H,38,39)/b16-15+/t19?,20-,26+,29-/m1/s1. The van der Waals surface area contributed by atoms with E-state index in [9.17, 15) is 42.6 Å². The zero-order chi connectivity index (χ0) is 34.0. The summed E-state index contributed by atoms with van der Waals surface area (Å²) >= 11 is 0. The molecule has 0 saturated carbocycles. The third-order valence-corrected chi connectivity index (χ3v) is 8.32. The van der Waals surface area contributed by atoms with Gasteiger partial charge < -0.3 is 30.9 Å². The molecule has 1 aliphatic carbocycles. The molecule has 3 amide bonds. The zero-order valence-corrected chi connectivity index (χ0v) is 26.6. The Kier molecular flexibility index (Phi) is 12.5. The number of alkyl carbamates (subject to hydrolysis) is 1. The Morgan fingerprint density at radius 3 is 2.00 bits per heavy atom. The van der Waals surface area contributed by atoms with E-state index < -0.39 is 76.6 Å². The highest BCUT2D eigenvalue weighted by Gasteiger charge is 2.33. The monoisotopic (exact) mass is 657 g/mol. The van der Waals surface area contributed by atoms with Gasteiger partial charge in [0.05, 0.1) is 12.5 Å². The number of sulfone groups is 1. The number of carboxylic acids is 2. The van der Waals surface area contributed by atoms with E-state index in [1.165, 1.54) is 0 Å². The molecule has 0 fully saturated rings. The van der Waals surface area contributed by atoms with Crippen LogP contribution in [0.4, 0.5) is 4.79 Å². The number of benzene rings is 2. The van der Waals surface area contributed by atoms with Crippen molar-refractivity contribution in [3.63, 3.8) is 0 Å². The van der Waals surface area contributed by atoms with E-state index in [2.05, 4.69) is 16.0 Å². The summed E-state index contributed by atoms with van der Waals surface area (Å²) in [6, 6.07) is 11.7. The molecule has 0 saturated heterocycles. The lowest BCUT2D eigenvalue weighted by molar-refractivity contribution is -0.139. The van der Waals surface area contributed by atoms with Gasteiger partial charge in [0, 0.05) is 24.0 Å². The minimum Gasteiger partial charge on any atom is -0.481 e. The molecule has 14 heteroatoms. The Bertz CT molecular complexity index is 1540. The number of rotatable bonds is 16. The van der Waals surface area contributed by atoms with Crippen LogP contribution < -0.4 is 16.0 Å². The fourth-order valence-corrected chi connectivity index (χ4v) is 5.62. The Morgan fingerprint density at radius 1 is 0.891 bits per heavy atom. The van der Waals surface area contributed by atoms with Crippen molar-refractivity contribution in [2.75, 3.05) is 12.9 Å². The van der Waals surface area contributed by atoms with Crippen LogP contribution in [0, 0.1) is 5.92 Å². The van der Waals surface area contributed by atoms with Crippen LogP contribution in [0.2, 0.25) is 0 Å². The molecule has 2 aromatic carbocycles. The molecule has 0 aromatic heterocycles. The second kappa shape index (κ2) is 16.0. The van der Waals surface area contributed by atoms with Crippen LogP contribution in [0.5, 0.6) is 0 Å². The molecule has 0 radical (unpaired) electrons. The van der Waals surface area contributed by atoms with Crippen LogP contribution >= 0.6 is 0 Å². The molecule has 0 heterocycles. The molecule has 0 spiro atoms. The quantitative estimate of drug-likeness (QED) is 0.178. The van der Waals surface area contributed by atoms with E-state index in [0.29, 0.717) is 6.42 Å². The number of nitrogens with one attached hydrogen (secondary N) is 3. The maximum absolute atomic E-state index is 13.4. The van der Waals surface area contributed by atoms with Gasteiger partial charge in [0.15, 0.2) is 9.84 Å². The third-order valence-electron chi connectivity index (χ3n) is 7.67. The minimum absolute atomic E-state index is 0.0446. The average Bonchev–Trinajstić information content (AvgIpc) is 3.31. The molecule has 0 bridgehead atoms. The van der Waals surface area contributed by atoms with Gasteiger partial charge in [-0.05, 0) is 34.6 Å². The van der Waals surface area contributed by atoms with Crippen LogP contribution in [0.15, 0.2) is 60.0 Å². The lowest BCUT2D eigenvalue weighted by Gasteiger charge is -2.27. The van der Waals surface area contributed by atoms with Crippen LogP contribution in [-0.4, -0.2) is 79.5 Å². The summed E-state index contributed by atoms with van der Waals surface area (Å²) in [5, 5.41) is 26.7. The Hall–Kier alpha value is -4.72. The van der Waals surface area contributed by atoms with Crippen LogP contribution in [0.1, 0.15) is 56.6 Å². The molecule has 1 unspecified atom stereocenters. The van der Waals surface area contributed by atoms with Gasteiger partial charge >= 0.3 is 18.0 Å². The first-order valence-corrected chi connectivity index (χ1v) is 16.7. The topological polar surface area (TPSA) is 205 Å². The molecule has 46 heavy (non-hydrogen) atoms. The predicted molar refractivity (Wildman–Crippen MR) is 168 cm³/mol. The van der Waals surface area contributed by atoms with Crippen molar-refractivity contribution in [1.29, 1.82) is 0 Å². The average molecular weight is 658 g/mol. The highest BCUT2D eigenvalue weighted by molar-refractivity contribution is 7.93. The Morgan fingerprint density at radius 2 is 1.48 bits per heavy atom. The van der Waals surface area contributed by atoms with Crippen molar-refractivity contribution in [3.05, 3.63) is 71.1 Å².